The molecule has 0 rings (SSSR count). The van der Waals surface area contributed by atoms with Crippen molar-refractivity contribution in [1.82, 2.24) is 0 Å². The van der Waals surface area contributed by atoms with E-state index in [4.69, 9.17) is 0 Å². The second-order valence-corrected chi connectivity index (χ2v) is 2.03. The molecule has 0 saturated heterocycles. The molecule has 0 unspecified atom stereocenters. The summed E-state index contributed by atoms with van der Waals surface area (Å²) in [6.45, 7) is 7.75. The van der Waals surface area contributed by atoms with Gasteiger partial charge in [-0.25, -0.2) is 0 Å². The predicted molar refractivity (Wildman–Crippen MR) is 43.4 cm³/mol. The first kappa shape index (κ1) is 8.22. The van der Waals surface area contributed by atoms with Crippen molar-refractivity contribution < 1.29 is 0 Å². The largest absolute Gasteiger partial charge is 0.103 e. The van der Waals surface area contributed by atoms with E-state index < -0.39 is 0 Å². The standard InChI is InChI=1S/C9H14/c1-4-6-8-9(3)7-5-2/h4-6,8H,2,7H2,1,3H3/b6-4+,9-8-. The topological polar surface area (TPSA) is 0 Å². The maximum atomic E-state index is 3.64. The second kappa shape index (κ2) is 5.36. The van der Waals surface area contributed by atoms with E-state index in [1.54, 1.807) is 0 Å². The van der Waals surface area contributed by atoms with E-state index in [0.29, 0.717) is 0 Å². The zero-order valence-electron chi connectivity index (χ0n) is 6.22. The predicted octanol–water partition coefficient (Wildman–Crippen LogP) is 3.08. The monoisotopic (exact) mass is 122 g/mol. The number of rotatable bonds is 3. The normalized spacial score (nSPS) is 12.4. The minimum absolute atomic E-state index is 0.990. The smallest absolute Gasteiger partial charge is 0.0141 e. The Morgan fingerprint density at radius 3 is 2.67 bits per heavy atom. The van der Waals surface area contributed by atoms with Crippen molar-refractivity contribution in [3.05, 3.63) is 36.5 Å². The lowest BCUT2D eigenvalue weighted by Crippen LogP contribution is -1.68. The summed E-state index contributed by atoms with van der Waals surface area (Å²) in [7, 11) is 0. The molecule has 0 heteroatoms. The highest BCUT2D eigenvalue weighted by atomic mass is 13.8. The zero-order valence-corrected chi connectivity index (χ0v) is 6.22. The van der Waals surface area contributed by atoms with Gasteiger partial charge in [-0.15, -0.1) is 6.58 Å². The van der Waals surface area contributed by atoms with Crippen LogP contribution >= 0.6 is 0 Å². The van der Waals surface area contributed by atoms with Crippen LogP contribution in [0.4, 0.5) is 0 Å². The molecule has 0 saturated carbocycles. The van der Waals surface area contributed by atoms with Gasteiger partial charge in [-0.1, -0.05) is 29.9 Å². The lowest BCUT2D eigenvalue weighted by Gasteiger charge is -1.88. The van der Waals surface area contributed by atoms with E-state index in [0.717, 1.165) is 6.42 Å². The molecular formula is C9H14. The molecule has 50 valence electrons. The van der Waals surface area contributed by atoms with Crippen LogP contribution < -0.4 is 0 Å². The number of allylic oxidation sites excluding steroid dienone is 5. The van der Waals surface area contributed by atoms with Crippen LogP contribution in [-0.4, -0.2) is 0 Å². The molecule has 0 spiro atoms. The van der Waals surface area contributed by atoms with Crippen molar-refractivity contribution >= 4 is 0 Å². The van der Waals surface area contributed by atoms with Crippen LogP contribution in [-0.2, 0) is 0 Å². The second-order valence-electron chi connectivity index (χ2n) is 2.03. The molecule has 0 bridgehead atoms. The fraction of sp³-hybridized carbons (Fsp3) is 0.333. The molecule has 0 amide bonds. The SMILES string of the molecule is C=CC/C(C)=C\C=C\C. The highest BCUT2D eigenvalue weighted by Crippen LogP contribution is 1.98. The molecule has 0 N–H and O–H groups in total. The average molecular weight is 122 g/mol. The Bertz CT molecular complexity index is 127. The van der Waals surface area contributed by atoms with Gasteiger partial charge in [-0.05, 0) is 20.3 Å². The molecule has 9 heavy (non-hydrogen) atoms. The molecular weight excluding hydrogens is 108 g/mol. The summed E-state index contributed by atoms with van der Waals surface area (Å²) in [4.78, 5) is 0. The summed E-state index contributed by atoms with van der Waals surface area (Å²) in [6, 6.07) is 0. The first-order chi connectivity index (χ1) is 4.31. The molecule has 0 aliphatic carbocycles. The van der Waals surface area contributed by atoms with Gasteiger partial charge in [0.2, 0.25) is 0 Å². The van der Waals surface area contributed by atoms with E-state index in [9.17, 15) is 0 Å². The van der Waals surface area contributed by atoms with Gasteiger partial charge in [0.05, 0.1) is 0 Å². The van der Waals surface area contributed by atoms with Gasteiger partial charge in [-0.3, -0.25) is 0 Å². The highest BCUT2D eigenvalue weighted by Gasteiger charge is 1.78. The first-order valence-corrected chi connectivity index (χ1v) is 3.20. The fourth-order valence-corrected chi connectivity index (χ4v) is 0.556. The molecule has 0 nitrogen and oxygen atoms in total. The van der Waals surface area contributed by atoms with Crippen LogP contribution in [0, 0.1) is 0 Å². The highest BCUT2D eigenvalue weighted by molar-refractivity contribution is 5.11. The summed E-state index contributed by atoms with van der Waals surface area (Å²) >= 11 is 0. The third-order valence-corrected chi connectivity index (χ3v) is 1.04. The Morgan fingerprint density at radius 2 is 2.22 bits per heavy atom. The van der Waals surface area contributed by atoms with Gasteiger partial charge < -0.3 is 0 Å². The summed E-state index contributed by atoms with van der Waals surface area (Å²) in [6.07, 6.45) is 9.06. The molecule has 0 heterocycles. The summed E-state index contributed by atoms with van der Waals surface area (Å²) in [5, 5.41) is 0. The molecule has 0 fully saturated rings. The minimum atomic E-state index is 0.990. The van der Waals surface area contributed by atoms with Gasteiger partial charge >= 0.3 is 0 Å². The van der Waals surface area contributed by atoms with E-state index in [1.807, 2.05) is 25.2 Å². The Labute approximate surface area is 57.6 Å². The molecule has 0 aliphatic rings. The Kier molecular flexibility index (Phi) is 4.89. The van der Waals surface area contributed by atoms with Crippen LogP contribution in [0.15, 0.2) is 36.5 Å². The maximum Gasteiger partial charge on any atom is -0.0141 e. The Hall–Kier alpha value is -0.780. The van der Waals surface area contributed by atoms with Crippen LogP contribution in [0.25, 0.3) is 0 Å². The molecule has 0 aliphatic heterocycles. The van der Waals surface area contributed by atoms with Crippen LogP contribution in [0.5, 0.6) is 0 Å². The minimum Gasteiger partial charge on any atom is -0.103 e. The number of hydrogen-bond acceptors (Lipinski definition) is 0. The van der Waals surface area contributed by atoms with Crippen molar-refractivity contribution in [2.75, 3.05) is 0 Å². The summed E-state index contributed by atoms with van der Waals surface area (Å²) in [5.74, 6) is 0. The quantitative estimate of drug-likeness (QED) is 0.398. The van der Waals surface area contributed by atoms with Gasteiger partial charge in [-0.2, -0.15) is 0 Å². The first-order valence-electron chi connectivity index (χ1n) is 3.20. The molecule has 0 aromatic rings. The molecule has 0 aromatic carbocycles. The maximum absolute atomic E-state index is 3.64. The van der Waals surface area contributed by atoms with E-state index in [-0.39, 0.29) is 0 Å². The van der Waals surface area contributed by atoms with E-state index >= 15 is 0 Å². The summed E-state index contributed by atoms with van der Waals surface area (Å²) < 4.78 is 0. The van der Waals surface area contributed by atoms with Crippen molar-refractivity contribution in [3.8, 4) is 0 Å². The van der Waals surface area contributed by atoms with Crippen molar-refractivity contribution in [2.24, 2.45) is 0 Å². The zero-order chi connectivity index (χ0) is 7.11. The van der Waals surface area contributed by atoms with Crippen molar-refractivity contribution in [1.29, 1.82) is 0 Å². The summed E-state index contributed by atoms with van der Waals surface area (Å²) in [5.41, 5.74) is 1.35. The molecule has 0 atom stereocenters. The van der Waals surface area contributed by atoms with E-state index in [1.165, 1.54) is 5.57 Å². The van der Waals surface area contributed by atoms with Crippen LogP contribution in [0.3, 0.4) is 0 Å². The van der Waals surface area contributed by atoms with E-state index in [2.05, 4.69) is 19.6 Å². The Morgan fingerprint density at radius 1 is 1.56 bits per heavy atom. The third-order valence-electron chi connectivity index (χ3n) is 1.04. The third kappa shape index (κ3) is 5.09. The van der Waals surface area contributed by atoms with Crippen LogP contribution in [0.2, 0.25) is 0 Å². The van der Waals surface area contributed by atoms with Crippen LogP contribution in [0.1, 0.15) is 20.3 Å². The van der Waals surface area contributed by atoms with Gasteiger partial charge in [0, 0.05) is 0 Å². The van der Waals surface area contributed by atoms with Gasteiger partial charge in [0.1, 0.15) is 0 Å². The Balaban J connectivity index is 3.68. The fourth-order valence-electron chi connectivity index (χ4n) is 0.556. The molecule has 0 radical (unpaired) electrons. The lowest BCUT2D eigenvalue weighted by atomic mass is 10.2. The van der Waals surface area contributed by atoms with Gasteiger partial charge in [0.15, 0.2) is 0 Å². The number of hydrogen-bond donors (Lipinski definition) is 0. The molecule has 0 aromatic heterocycles. The van der Waals surface area contributed by atoms with Gasteiger partial charge in [0.25, 0.3) is 0 Å². The lowest BCUT2D eigenvalue weighted by molar-refractivity contribution is 1.22. The van der Waals surface area contributed by atoms with Crippen molar-refractivity contribution in [2.45, 2.75) is 20.3 Å². The van der Waals surface area contributed by atoms with Crippen molar-refractivity contribution in [3.63, 3.8) is 0 Å². The average Bonchev–Trinajstić information content (AvgIpc) is 1.85.